The summed E-state index contributed by atoms with van der Waals surface area (Å²) in [6.45, 7) is 4.99. The molecule has 0 unspecified atom stereocenters. The number of carbonyl (C=O) groups excluding carboxylic acids is 1. The lowest BCUT2D eigenvalue weighted by Gasteiger charge is -2.29. The van der Waals surface area contributed by atoms with Crippen LogP contribution in [0.25, 0.3) is 0 Å². The van der Waals surface area contributed by atoms with Gasteiger partial charge in [-0.3, -0.25) is 4.79 Å². The van der Waals surface area contributed by atoms with E-state index in [4.69, 9.17) is 0 Å². The summed E-state index contributed by atoms with van der Waals surface area (Å²) in [5.41, 5.74) is 0.381. The third-order valence-electron chi connectivity index (χ3n) is 3.51. The summed E-state index contributed by atoms with van der Waals surface area (Å²) in [5.74, 6) is 0.580. The van der Waals surface area contributed by atoms with Crippen LogP contribution >= 0.6 is 0 Å². The first-order valence-electron chi connectivity index (χ1n) is 7.26. The van der Waals surface area contributed by atoms with E-state index in [1.54, 1.807) is 12.1 Å². The Morgan fingerprint density at radius 2 is 2.10 bits per heavy atom. The summed E-state index contributed by atoms with van der Waals surface area (Å²) in [7, 11) is 2.10. The van der Waals surface area contributed by atoms with Crippen molar-refractivity contribution in [3.8, 4) is 0 Å². The zero-order chi connectivity index (χ0) is 14.4. The summed E-state index contributed by atoms with van der Waals surface area (Å²) < 4.78 is 0. The smallest absolute Gasteiger partial charge is 0.272 e. The maximum absolute atomic E-state index is 12.1. The van der Waals surface area contributed by atoms with Crippen LogP contribution in [0, 0.1) is 0 Å². The van der Waals surface area contributed by atoms with Crippen molar-refractivity contribution >= 4 is 11.7 Å². The van der Waals surface area contributed by atoms with Gasteiger partial charge in [-0.25, -0.2) is 0 Å². The van der Waals surface area contributed by atoms with Crippen molar-refractivity contribution in [2.24, 2.45) is 0 Å². The maximum atomic E-state index is 12.1. The molecule has 1 fully saturated rings. The molecule has 1 amide bonds. The van der Waals surface area contributed by atoms with Crippen molar-refractivity contribution in [3.63, 3.8) is 0 Å². The van der Waals surface area contributed by atoms with E-state index < -0.39 is 0 Å². The van der Waals surface area contributed by atoms with Crippen molar-refractivity contribution in [1.82, 2.24) is 20.4 Å². The molecule has 0 saturated carbocycles. The highest BCUT2D eigenvalue weighted by Gasteiger charge is 2.19. The lowest BCUT2D eigenvalue weighted by molar-refractivity contribution is 0.0911. The Hall–Kier alpha value is -1.69. The standard InChI is InChI=1S/C14H23N5O/c1-3-8-15-13-5-4-12(17-18-13)14(20)16-11-6-9-19(2)10-7-11/h4-5,11H,3,6-10H2,1-2H3,(H,15,18)(H,16,20). The lowest BCUT2D eigenvalue weighted by atomic mass is 10.1. The number of hydrogen-bond donors (Lipinski definition) is 2. The molecule has 6 heteroatoms. The average Bonchev–Trinajstić information content (AvgIpc) is 2.48. The van der Waals surface area contributed by atoms with Crippen molar-refractivity contribution in [2.75, 3.05) is 32.0 Å². The summed E-state index contributed by atoms with van der Waals surface area (Å²) in [4.78, 5) is 14.3. The molecule has 0 atom stereocenters. The summed E-state index contributed by atoms with van der Waals surface area (Å²) in [6, 6.07) is 3.76. The van der Waals surface area contributed by atoms with Crippen LogP contribution in [0.5, 0.6) is 0 Å². The molecule has 2 heterocycles. The molecule has 0 radical (unpaired) electrons. The quantitative estimate of drug-likeness (QED) is 0.844. The molecule has 6 nitrogen and oxygen atoms in total. The number of nitrogens with zero attached hydrogens (tertiary/aromatic N) is 3. The minimum Gasteiger partial charge on any atom is -0.369 e. The van der Waals surface area contributed by atoms with Gasteiger partial charge in [-0.05, 0) is 51.5 Å². The van der Waals surface area contributed by atoms with Crippen molar-refractivity contribution in [2.45, 2.75) is 32.2 Å². The molecule has 2 rings (SSSR count). The number of likely N-dealkylation sites (tertiary alicyclic amines) is 1. The number of amides is 1. The Kier molecular flexibility index (Phi) is 5.29. The monoisotopic (exact) mass is 277 g/mol. The van der Waals surface area contributed by atoms with Gasteiger partial charge in [0.15, 0.2) is 5.69 Å². The van der Waals surface area contributed by atoms with Crippen molar-refractivity contribution in [3.05, 3.63) is 17.8 Å². The topological polar surface area (TPSA) is 70.2 Å². The molecule has 1 aliphatic rings. The maximum Gasteiger partial charge on any atom is 0.272 e. The van der Waals surface area contributed by atoms with Gasteiger partial charge in [0.05, 0.1) is 0 Å². The number of nitrogens with one attached hydrogen (secondary N) is 2. The zero-order valence-electron chi connectivity index (χ0n) is 12.2. The van der Waals surface area contributed by atoms with Crippen molar-refractivity contribution in [1.29, 1.82) is 0 Å². The van der Waals surface area contributed by atoms with Gasteiger partial charge in [-0.1, -0.05) is 6.92 Å². The zero-order valence-corrected chi connectivity index (χ0v) is 12.2. The Balaban J connectivity index is 1.85. The average molecular weight is 277 g/mol. The summed E-state index contributed by atoms with van der Waals surface area (Å²) in [5, 5.41) is 14.2. The van der Waals surface area contributed by atoms with Crippen LogP contribution < -0.4 is 10.6 Å². The van der Waals surface area contributed by atoms with Gasteiger partial charge < -0.3 is 15.5 Å². The van der Waals surface area contributed by atoms with Gasteiger partial charge in [0.25, 0.3) is 5.91 Å². The third kappa shape index (κ3) is 4.16. The van der Waals surface area contributed by atoms with Crippen LogP contribution in [0.2, 0.25) is 0 Å². The van der Waals surface area contributed by atoms with E-state index in [2.05, 4.69) is 39.7 Å². The second-order valence-electron chi connectivity index (χ2n) is 5.28. The first-order chi connectivity index (χ1) is 9.69. The van der Waals surface area contributed by atoms with E-state index in [0.29, 0.717) is 11.5 Å². The number of carbonyl (C=O) groups is 1. The van der Waals surface area contributed by atoms with Gasteiger partial charge >= 0.3 is 0 Å². The molecule has 2 N–H and O–H groups in total. The molecule has 1 aliphatic heterocycles. The van der Waals surface area contributed by atoms with E-state index in [1.165, 1.54) is 0 Å². The fraction of sp³-hybridized carbons (Fsp3) is 0.643. The largest absolute Gasteiger partial charge is 0.369 e. The normalized spacial score (nSPS) is 16.9. The molecule has 1 saturated heterocycles. The molecular formula is C14H23N5O. The highest BCUT2D eigenvalue weighted by molar-refractivity contribution is 5.92. The predicted molar refractivity (Wildman–Crippen MR) is 78.8 cm³/mol. The van der Waals surface area contributed by atoms with Crippen LogP contribution in [0.15, 0.2) is 12.1 Å². The molecule has 110 valence electrons. The number of hydrogen-bond acceptors (Lipinski definition) is 5. The van der Waals surface area contributed by atoms with Gasteiger partial charge in [0, 0.05) is 12.6 Å². The fourth-order valence-corrected chi connectivity index (χ4v) is 2.21. The number of aromatic nitrogens is 2. The molecule has 1 aromatic heterocycles. The van der Waals surface area contributed by atoms with Crippen LogP contribution in [0.3, 0.4) is 0 Å². The first kappa shape index (κ1) is 14.7. The van der Waals surface area contributed by atoms with E-state index >= 15 is 0 Å². The third-order valence-corrected chi connectivity index (χ3v) is 3.51. The van der Waals surface area contributed by atoms with Crippen LogP contribution in [-0.4, -0.2) is 53.7 Å². The minimum atomic E-state index is -0.130. The molecule has 1 aromatic rings. The molecule has 20 heavy (non-hydrogen) atoms. The van der Waals surface area contributed by atoms with Gasteiger partial charge in [0.1, 0.15) is 5.82 Å². The number of piperidine rings is 1. The Bertz CT molecular complexity index is 426. The van der Waals surface area contributed by atoms with Gasteiger partial charge in [-0.15, -0.1) is 10.2 Å². The van der Waals surface area contributed by atoms with E-state index in [9.17, 15) is 4.79 Å². The van der Waals surface area contributed by atoms with E-state index in [-0.39, 0.29) is 11.9 Å². The summed E-state index contributed by atoms with van der Waals surface area (Å²) >= 11 is 0. The van der Waals surface area contributed by atoms with E-state index in [1.807, 2.05) is 0 Å². The van der Waals surface area contributed by atoms with E-state index in [0.717, 1.165) is 38.9 Å². The second kappa shape index (κ2) is 7.19. The number of anilines is 1. The lowest BCUT2D eigenvalue weighted by Crippen LogP contribution is -2.43. The second-order valence-corrected chi connectivity index (χ2v) is 5.28. The van der Waals surface area contributed by atoms with Crippen LogP contribution in [0.4, 0.5) is 5.82 Å². The minimum absolute atomic E-state index is 0.130. The predicted octanol–water partition coefficient (Wildman–Crippen LogP) is 1.12. The van der Waals surface area contributed by atoms with Crippen molar-refractivity contribution < 1.29 is 4.79 Å². The Morgan fingerprint density at radius 1 is 1.35 bits per heavy atom. The molecule has 0 aromatic carbocycles. The highest BCUT2D eigenvalue weighted by Crippen LogP contribution is 2.09. The number of rotatable bonds is 5. The van der Waals surface area contributed by atoms with Crippen LogP contribution in [0.1, 0.15) is 36.7 Å². The summed E-state index contributed by atoms with van der Waals surface area (Å²) in [6.07, 6.45) is 3.01. The van der Waals surface area contributed by atoms with Gasteiger partial charge in [-0.2, -0.15) is 0 Å². The molecular weight excluding hydrogens is 254 g/mol. The molecule has 0 spiro atoms. The Morgan fingerprint density at radius 3 is 2.70 bits per heavy atom. The highest BCUT2D eigenvalue weighted by atomic mass is 16.2. The van der Waals surface area contributed by atoms with Crippen LogP contribution in [-0.2, 0) is 0 Å². The molecule has 0 aliphatic carbocycles. The molecule has 0 bridgehead atoms. The fourth-order valence-electron chi connectivity index (χ4n) is 2.21. The Labute approximate surface area is 120 Å². The SMILES string of the molecule is CCCNc1ccc(C(=O)NC2CCN(C)CC2)nn1. The first-order valence-corrected chi connectivity index (χ1v) is 7.26. The van der Waals surface area contributed by atoms with Gasteiger partial charge in [0.2, 0.25) is 0 Å².